The average Bonchev–Trinajstić information content (AvgIpc) is 2.25. The number of nitrogens with one attached hydrogen (secondary N) is 2. The van der Waals surface area contributed by atoms with Gasteiger partial charge in [-0.1, -0.05) is 33.9 Å². The van der Waals surface area contributed by atoms with Crippen LogP contribution in [0.4, 0.5) is 4.39 Å². The smallest absolute Gasteiger partial charge is 0.145 e. The van der Waals surface area contributed by atoms with Crippen LogP contribution in [0.15, 0.2) is 23.1 Å². The number of halogens is 1. The van der Waals surface area contributed by atoms with Gasteiger partial charge in [0.2, 0.25) is 0 Å². The predicted octanol–water partition coefficient (Wildman–Crippen LogP) is 3.75. The van der Waals surface area contributed by atoms with Gasteiger partial charge in [0.1, 0.15) is 29.7 Å². The molecule has 1 atom stereocenters. The van der Waals surface area contributed by atoms with Crippen molar-refractivity contribution >= 4 is 18.2 Å². The van der Waals surface area contributed by atoms with E-state index in [9.17, 15) is 8.60 Å². The molecule has 0 aromatic heterocycles. The van der Waals surface area contributed by atoms with Crippen molar-refractivity contribution in [1.29, 1.82) is 4.78 Å². The number of methoxy groups -OCH3 is 1. The quantitative estimate of drug-likeness (QED) is 0.831. The molecule has 0 bridgehead atoms. The van der Waals surface area contributed by atoms with Crippen LogP contribution in [0.25, 0.3) is 0 Å². The fraction of sp³-hybridized carbons (Fsp3) is 0.538. The molecule has 20 heavy (non-hydrogen) atoms. The molecule has 0 spiro atoms. The van der Waals surface area contributed by atoms with E-state index in [1.807, 2.05) is 33.9 Å². The fourth-order valence-corrected chi connectivity index (χ4v) is 6.54. The van der Waals surface area contributed by atoms with Gasteiger partial charge in [-0.2, -0.15) is 0 Å². The first kappa shape index (κ1) is 17.1. The van der Waals surface area contributed by atoms with Gasteiger partial charge in [-0.25, -0.2) is 17.8 Å². The molecule has 0 aliphatic heterocycles. The second-order valence-corrected chi connectivity index (χ2v) is 13.4. The molecule has 1 unspecified atom stereocenters. The van der Waals surface area contributed by atoms with Crippen LogP contribution in [0.5, 0.6) is 5.75 Å². The minimum atomic E-state index is -3.38. The standard InChI is InChI=1S/C13H23FN2O2SSi/c1-13(2,3)20(5,6)16-19(15,17)12-8-7-10(18-4)9-11(12)14/h7-9H,1-6H3,(H2,15,16,17). The van der Waals surface area contributed by atoms with E-state index < -0.39 is 24.0 Å². The summed E-state index contributed by atoms with van der Waals surface area (Å²) in [6.07, 6.45) is 0. The summed E-state index contributed by atoms with van der Waals surface area (Å²) in [4.78, 5) is -0.122. The highest BCUT2D eigenvalue weighted by atomic mass is 32.2. The summed E-state index contributed by atoms with van der Waals surface area (Å²) in [7, 11) is -4.12. The highest BCUT2D eigenvalue weighted by molar-refractivity contribution is 7.92. The average molecular weight is 318 g/mol. The van der Waals surface area contributed by atoms with Crippen molar-refractivity contribution in [1.82, 2.24) is 4.39 Å². The maximum Gasteiger partial charge on any atom is 0.145 e. The molecular weight excluding hydrogens is 295 g/mol. The Morgan fingerprint density at radius 3 is 2.30 bits per heavy atom. The number of hydrogen-bond acceptors (Lipinski definition) is 3. The van der Waals surface area contributed by atoms with Crippen molar-refractivity contribution in [2.45, 2.75) is 43.8 Å². The SMILES string of the molecule is COc1ccc(S(=N)(=O)N[Si](C)(C)C(C)(C)C)c(F)c1. The van der Waals surface area contributed by atoms with Crippen molar-refractivity contribution in [3.05, 3.63) is 24.0 Å². The van der Waals surface area contributed by atoms with Gasteiger partial charge in [0, 0.05) is 6.07 Å². The molecule has 114 valence electrons. The molecule has 1 aromatic carbocycles. The normalized spacial score (nSPS) is 15.8. The molecule has 0 radical (unpaired) electrons. The molecule has 1 rings (SSSR count). The highest BCUT2D eigenvalue weighted by Gasteiger charge is 2.38. The minimum absolute atomic E-state index is 0.0976. The first-order chi connectivity index (χ1) is 8.90. The van der Waals surface area contributed by atoms with Crippen LogP contribution in [-0.2, 0) is 9.92 Å². The molecule has 0 heterocycles. The lowest BCUT2D eigenvalue weighted by molar-refractivity contribution is 0.410. The second kappa shape index (κ2) is 5.46. The molecule has 7 heteroatoms. The molecule has 0 aliphatic rings. The van der Waals surface area contributed by atoms with Crippen LogP contribution in [0.1, 0.15) is 20.8 Å². The summed E-state index contributed by atoms with van der Waals surface area (Å²) in [5.41, 5.74) is 0. The molecule has 1 aromatic rings. The lowest BCUT2D eigenvalue weighted by Gasteiger charge is -2.37. The topological polar surface area (TPSA) is 62.2 Å². The molecule has 0 saturated carbocycles. The van der Waals surface area contributed by atoms with E-state index in [0.29, 0.717) is 5.75 Å². The van der Waals surface area contributed by atoms with Crippen LogP contribution in [0, 0.1) is 10.6 Å². The Balaban J connectivity index is 3.19. The van der Waals surface area contributed by atoms with Crippen molar-refractivity contribution < 1.29 is 13.3 Å². The summed E-state index contributed by atoms with van der Waals surface area (Å²) in [5.74, 6) is -0.343. The summed E-state index contributed by atoms with van der Waals surface area (Å²) >= 11 is 0. The zero-order valence-electron chi connectivity index (χ0n) is 12.8. The molecular formula is C13H23FN2O2SSi. The van der Waals surface area contributed by atoms with Crippen molar-refractivity contribution in [3.8, 4) is 5.75 Å². The Kier molecular flexibility index (Phi) is 4.67. The zero-order chi connectivity index (χ0) is 15.8. The summed E-state index contributed by atoms with van der Waals surface area (Å²) in [5, 5.41) is -0.0976. The van der Waals surface area contributed by atoms with Gasteiger partial charge in [0.25, 0.3) is 0 Å². The Morgan fingerprint density at radius 1 is 1.35 bits per heavy atom. The third kappa shape index (κ3) is 3.59. The monoisotopic (exact) mass is 318 g/mol. The molecule has 0 saturated heterocycles. The van der Waals surface area contributed by atoms with Gasteiger partial charge < -0.3 is 4.74 Å². The largest absolute Gasteiger partial charge is 0.497 e. The minimum Gasteiger partial charge on any atom is -0.497 e. The van der Waals surface area contributed by atoms with Gasteiger partial charge >= 0.3 is 0 Å². The van der Waals surface area contributed by atoms with E-state index in [4.69, 9.17) is 9.52 Å². The number of ether oxygens (including phenoxy) is 1. The van der Waals surface area contributed by atoms with Crippen molar-refractivity contribution in [3.63, 3.8) is 0 Å². The Morgan fingerprint density at radius 2 is 1.90 bits per heavy atom. The fourth-order valence-electron chi connectivity index (χ4n) is 1.41. The van der Waals surface area contributed by atoms with Crippen LogP contribution in [-0.4, -0.2) is 19.6 Å². The number of benzene rings is 1. The van der Waals surface area contributed by atoms with Gasteiger partial charge in [0.15, 0.2) is 0 Å². The summed E-state index contributed by atoms with van der Waals surface area (Å²) in [6.45, 7) is 10.1. The van der Waals surface area contributed by atoms with E-state index in [2.05, 4.69) is 4.39 Å². The molecule has 2 N–H and O–H groups in total. The first-order valence-corrected chi connectivity index (χ1v) is 10.9. The Labute approximate surface area is 121 Å². The van der Waals surface area contributed by atoms with Gasteiger partial charge in [-0.3, -0.25) is 0 Å². The molecule has 0 fully saturated rings. The van der Waals surface area contributed by atoms with Crippen LogP contribution < -0.4 is 9.12 Å². The predicted molar refractivity (Wildman–Crippen MR) is 82.4 cm³/mol. The molecule has 0 aliphatic carbocycles. The maximum atomic E-state index is 14.0. The van der Waals surface area contributed by atoms with Gasteiger partial charge in [-0.15, -0.1) is 0 Å². The van der Waals surface area contributed by atoms with E-state index >= 15 is 0 Å². The number of rotatable bonds is 4. The van der Waals surface area contributed by atoms with Crippen molar-refractivity contribution in [2.24, 2.45) is 0 Å². The lowest BCUT2D eigenvalue weighted by atomic mass is 10.2. The van der Waals surface area contributed by atoms with Crippen molar-refractivity contribution in [2.75, 3.05) is 7.11 Å². The number of hydrogen-bond donors (Lipinski definition) is 2. The van der Waals surface area contributed by atoms with E-state index in [-0.39, 0.29) is 9.93 Å². The lowest BCUT2D eigenvalue weighted by Crippen LogP contribution is -2.54. The third-order valence-corrected chi connectivity index (χ3v) is 11.6. The van der Waals surface area contributed by atoms with Gasteiger partial charge in [0.05, 0.1) is 12.0 Å². The van der Waals surface area contributed by atoms with Crippen LogP contribution >= 0.6 is 0 Å². The molecule has 4 nitrogen and oxygen atoms in total. The summed E-state index contributed by atoms with van der Waals surface area (Å²) < 4.78 is 42.5. The Hall–Kier alpha value is -0.923. The Bertz CT molecular complexity index is 595. The van der Waals surface area contributed by atoms with E-state index in [1.165, 1.54) is 19.2 Å². The van der Waals surface area contributed by atoms with E-state index in [0.717, 1.165) is 6.07 Å². The summed E-state index contributed by atoms with van der Waals surface area (Å²) in [6, 6.07) is 4.01. The molecule has 0 amide bonds. The highest BCUT2D eigenvalue weighted by Crippen LogP contribution is 2.35. The van der Waals surface area contributed by atoms with Gasteiger partial charge in [-0.05, 0) is 17.2 Å². The van der Waals surface area contributed by atoms with Crippen LogP contribution in [0.2, 0.25) is 18.1 Å². The van der Waals surface area contributed by atoms with E-state index in [1.54, 1.807) is 0 Å². The maximum absolute atomic E-state index is 14.0. The van der Waals surface area contributed by atoms with Crippen LogP contribution in [0.3, 0.4) is 0 Å². The first-order valence-electron chi connectivity index (χ1n) is 6.32. The second-order valence-electron chi connectivity index (χ2n) is 6.33. The zero-order valence-corrected chi connectivity index (χ0v) is 14.7. The third-order valence-electron chi connectivity index (χ3n) is 3.72.